The number of hydrogen-bond acceptors (Lipinski definition) is 2. The molecule has 4 rings (SSSR count). The zero-order chi connectivity index (χ0) is 20.3. The van der Waals surface area contributed by atoms with E-state index in [1.807, 2.05) is 59.5 Å². The number of benzene rings is 3. The van der Waals surface area contributed by atoms with Crippen LogP contribution in [0, 0.1) is 0 Å². The molecule has 0 amide bonds. The predicted octanol–water partition coefficient (Wildman–Crippen LogP) is 6.69. The molecule has 1 aliphatic heterocycles. The quantitative estimate of drug-likeness (QED) is 0.476. The maximum absolute atomic E-state index is 13.3. The van der Waals surface area contributed by atoms with Crippen LogP contribution in [0.1, 0.15) is 29.5 Å². The van der Waals surface area contributed by atoms with Crippen LogP contribution in [0.15, 0.2) is 72.8 Å². The minimum Gasteiger partial charge on any atom is -0.455 e. The first kappa shape index (κ1) is 19.4. The Morgan fingerprint density at radius 3 is 2.21 bits per heavy atom. The fraction of sp³-hybridized carbons (Fsp3) is 0.250. The van der Waals surface area contributed by atoms with Gasteiger partial charge in [0.05, 0.1) is 11.3 Å². The van der Waals surface area contributed by atoms with Gasteiger partial charge in [-0.05, 0) is 48.2 Å². The highest BCUT2D eigenvalue weighted by atomic mass is 19.4. The Morgan fingerprint density at radius 2 is 1.48 bits per heavy atom. The number of anilines is 1. The second-order valence-electron chi connectivity index (χ2n) is 7.25. The first-order valence-corrected chi connectivity index (χ1v) is 9.76. The molecule has 1 aliphatic rings. The molecule has 0 spiro atoms. The lowest BCUT2D eigenvalue weighted by Crippen LogP contribution is -2.19. The molecular weight excluding hydrogens is 375 g/mol. The maximum atomic E-state index is 13.3. The summed E-state index contributed by atoms with van der Waals surface area (Å²) in [5, 5.41) is 0. The lowest BCUT2D eigenvalue weighted by molar-refractivity contribution is -0.137. The number of halogens is 3. The first-order valence-electron chi connectivity index (χ1n) is 9.76. The number of nitrogens with zero attached hydrogens (tertiary/aromatic N) is 1. The van der Waals surface area contributed by atoms with Crippen LogP contribution in [0.25, 0.3) is 0 Å². The Labute approximate surface area is 168 Å². The van der Waals surface area contributed by atoms with E-state index in [1.54, 1.807) is 0 Å². The lowest BCUT2D eigenvalue weighted by Gasteiger charge is -2.23. The average molecular weight is 397 g/mol. The van der Waals surface area contributed by atoms with Crippen LogP contribution >= 0.6 is 0 Å². The van der Waals surface area contributed by atoms with E-state index in [1.165, 1.54) is 12.1 Å². The number of ether oxygens (including phenoxy) is 1. The minimum atomic E-state index is -4.38. The number of para-hydroxylation sites is 1. The van der Waals surface area contributed by atoms with Gasteiger partial charge in [-0.1, -0.05) is 48.5 Å². The Bertz CT molecular complexity index is 963. The SMILES string of the molecule is FC(F)(F)c1ccc(Oc2ccccc2Cc2ccccc2)c(N2CCCC2)c1. The van der Waals surface area contributed by atoms with Crippen LogP contribution in [0.4, 0.5) is 18.9 Å². The molecule has 1 heterocycles. The van der Waals surface area contributed by atoms with E-state index in [4.69, 9.17) is 4.74 Å². The molecule has 0 atom stereocenters. The highest BCUT2D eigenvalue weighted by molar-refractivity contribution is 5.62. The Morgan fingerprint density at radius 1 is 0.793 bits per heavy atom. The smallest absolute Gasteiger partial charge is 0.416 e. The van der Waals surface area contributed by atoms with Crippen LogP contribution < -0.4 is 9.64 Å². The summed E-state index contributed by atoms with van der Waals surface area (Å²) >= 11 is 0. The van der Waals surface area contributed by atoms with Crippen molar-refractivity contribution in [2.75, 3.05) is 18.0 Å². The van der Waals surface area contributed by atoms with Gasteiger partial charge in [-0.2, -0.15) is 13.2 Å². The molecule has 150 valence electrons. The van der Waals surface area contributed by atoms with Crippen LogP contribution in [0.5, 0.6) is 11.5 Å². The van der Waals surface area contributed by atoms with Crippen molar-refractivity contribution in [2.24, 2.45) is 0 Å². The van der Waals surface area contributed by atoms with Gasteiger partial charge in [0.25, 0.3) is 0 Å². The Hall–Kier alpha value is -2.95. The monoisotopic (exact) mass is 397 g/mol. The van der Waals surface area contributed by atoms with Crippen LogP contribution in [0.3, 0.4) is 0 Å². The molecule has 0 aromatic heterocycles. The molecule has 3 aromatic rings. The van der Waals surface area contributed by atoms with Gasteiger partial charge in [-0.15, -0.1) is 0 Å². The molecule has 0 radical (unpaired) electrons. The third-order valence-corrected chi connectivity index (χ3v) is 5.16. The van der Waals surface area contributed by atoms with Gasteiger partial charge in [-0.25, -0.2) is 0 Å². The largest absolute Gasteiger partial charge is 0.455 e. The molecule has 0 unspecified atom stereocenters. The molecule has 0 bridgehead atoms. The van der Waals surface area contributed by atoms with Crippen molar-refractivity contribution in [3.05, 3.63) is 89.5 Å². The van der Waals surface area contributed by atoms with Gasteiger partial charge < -0.3 is 9.64 Å². The minimum absolute atomic E-state index is 0.459. The van der Waals surface area contributed by atoms with Crippen molar-refractivity contribution < 1.29 is 17.9 Å². The first-order chi connectivity index (χ1) is 14.0. The number of alkyl halides is 3. The zero-order valence-corrected chi connectivity index (χ0v) is 16.0. The Kier molecular flexibility index (Phi) is 5.47. The second-order valence-corrected chi connectivity index (χ2v) is 7.25. The number of hydrogen-bond donors (Lipinski definition) is 0. The second kappa shape index (κ2) is 8.19. The summed E-state index contributed by atoms with van der Waals surface area (Å²) in [5.41, 5.74) is 2.00. The summed E-state index contributed by atoms with van der Waals surface area (Å²) in [6.07, 6.45) is -1.74. The maximum Gasteiger partial charge on any atom is 0.416 e. The molecular formula is C24H22F3NO. The van der Waals surface area contributed by atoms with Crippen LogP contribution in [0.2, 0.25) is 0 Å². The van der Waals surface area contributed by atoms with Crippen molar-refractivity contribution in [1.29, 1.82) is 0 Å². The summed E-state index contributed by atoms with van der Waals surface area (Å²) in [4.78, 5) is 1.98. The van der Waals surface area contributed by atoms with E-state index in [0.717, 1.165) is 43.1 Å². The molecule has 29 heavy (non-hydrogen) atoms. The zero-order valence-electron chi connectivity index (χ0n) is 16.0. The summed E-state index contributed by atoms with van der Waals surface area (Å²) in [6, 6.07) is 21.4. The molecule has 0 N–H and O–H groups in total. The van der Waals surface area contributed by atoms with E-state index in [9.17, 15) is 13.2 Å². The van der Waals surface area contributed by atoms with E-state index in [2.05, 4.69) is 0 Å². The van der Waals surface area contributed by atoms with Crippen molar-refractivity contribution in [1.82, 2.24) is 0 Å². The van der Waals surface area contributed by atoms with Crippen molar-refractivity contribution in [3.8, 4) is 11.5 Å². The molecule has 3 aromatic carbocycles. The molecule has 1 fully saturated rings. The summed E-state index contributed by atoms with van der Waals surface area (Å²) in [6.45, 7) is 1.48. The predicted molar refractivity (Wildman–Crippen MR) is 109 cm³/mol. The highest BCUT2D eigenvalue weighted by Gasteiger charge is 2.32. The average Bonchev–Trinajstić information content (AvgIpc) is 3.24. The third kappa shape index (κ3) is 4.56. The van der Waals surface area contributed by atoms with E-state index >= 15 is 0 Å². The Balaban J connectivity index is 1.67. The van der Waals surface area contributed by atoms with Gasteiger partial charge in [-0.3, -0.25) is 0 Å². The van der Waals surface area contributed by atoms with Gasteiger partial charge in [0.2, 0.25) is 0 Å². The van der Waals surface area contributed by atoms with Crippen molar-refractivity contribution >= 4 is 5.69 Å². The van der Waals surface area contributed by atoms with Crippen molar-refractivity contribution in [3.63, 3.8) is 0 Å². The molecule has 2 nitrogen and oxygen atoms in total. The van der Waals surface area contributed by atoms with Gasteiger partial charge >= 0.3 is 6.18 Å². The fourth-order valence-electron chi connectivity index (χ4n) is 3.67. The summed E-state index contributed by atoms with van der Waals surface area (Å²) in [5.74, 6) is 1.12. The lowest BCUT2D eigenvalue weighted by atomic mass is 10.0. The van der Waals surface area contributed by atoms with Gasteiger partial charge in [0.15, 0.2) is 5.75 Å². The molecule has 0 saturated carbocycles. The normalized spacial score (nSPS) is 14.2. The standard InChI is InChI=1S/C24H22F3NO/c25-24(26,27)20-12-13-23(21(17-20)28-14-6-7-15-28)29-22-11-5-4-10-19(22)16-18-8-2-1-3-9-18/h1-5,8-13,17H,6-7,14-16H2. The highest BCUT2D eigenvalue weighted by Crippen LogP contribution is 2.40. The van der Waals surface area contributed by atoms with E-state index in [-0.39, 0.29) is 0 Å². The topological polar surface area (TPSA) is 12.5 Å². The summed E-state index contributed by atoms with van der Waals surface area (Å²) in [7, 11) is 0. The molecule has 0 aliphatic carbocycles. The van der Waals surface area contributed by atoms with Crippen LogP contribution in [-0.4, -0.2) is 13.1 Å². The van der Waals surface area contributed by atoms with E-state index < -0.39 is 11.7 Å². The van der Waals surface area contributed by atoms with Gasteiger partial charge in [0.1, 0.15) is 5.75 Å². The van der Waals surface area contributed by atoms with Crippen LogP contribution in [-0.2, 0) is 12.6 Å². The molecule has 1 saturated heterocycles. The summed E-state index contributed by atoms with van der Waals surface area (Å²) < 4.78 is 46.0. The fourth-order valence-corrected chi connectivity index (χ4v) is 3.67. The third-order valence-electron chi connectivity index (χ3n) is 5.16. The van der Waals surface area contributed by atoms with Crippen molar-refractivity contribution in [2.45, 2.75) is 25.4 Å². The molecule has 5 heteroatoms. The van der Waals surface area contributed by atoms with E-state index in [0.29, 0.717) is 23.6 Å². The van der Waals surface area contributed by atoms with Gasteiger partial charge in [0, 0.05) is 19.5 Å². The number of rotatable bonds is 5.